The van der Waals surface area contributed by atoms with E-state index in [2.05, 4.69) is 16.7 Å². The van der Waals surface area contributed by atoms with Crippen LogP contribution in [0.15, 0.2) is 18.2 Å². The number of nitrogens with zero attached hydrogens (tertiary/aromatic N) is 3. The zero-order valence-corrected chi connectivity index (χ0v) is 21.0. The average molecular weight is 487 g/mol. The number of ether oxygens (including phenoxy) is 1. The van der Waals surface area contributed by atoms with Crippen molar-refractivity contribution in [2.45, 2.75) is 57.8 Å². The second-order valence-corrected chi connectivity index (χ2v) is 10.4. The Morgan fingerprint density at radius 1 is 1.20 bits per heavy atom. The molecular weight excluding hydrogens is 448 g/mol. The predicted octanol–water partition coefficient (Wildman–Crippen LogP) is 0.987. The fourth-order valence-corrected chi connectivity index (χ4v) is 5.69. The summed E-state index contributed by atoms with van der Waals surface area (Å²) in [5.41, 5.74) is 7.62. The molecule has 9 nitrogen and oxygen atoms in total. The molecule has 0 radical (unpaired) electrons. The van der Waals surface area contributed by atoms with Crippen molar-refractivity contribution in [3.05, 3.63) is 29.3 Å². The van der Waals surface area contributed by atoms with Crippen molar-refractivity contribution < 1.29 is 24.2 Å². The third kappa shape index (κ3) is 5.22. The highest BCUT2D eigenvalue weighted by Crippen LogP contribution is 2.36. The number of anilines is 1. The van der Waals surface area contributed by atoms with Crippen LogP contribution in [-0.2, 0) is 14.3 Å². The first-order valence-electron chi connectivity index (χ1n) is 12.7. The van der Waals surface area contributed by atoms with Crippen LogP contribution in [0.1, 0.15) is 55.5 Å². The molecule has 3 aliphatic rings. The van der Waals surface area contributed by atoms with Crippen LogP contribution in [0.3, 0.4) is 0 Å². The molecule has 1 aromatic carbocycles. The molecule has 192 valence electrons. The minimum absolute atomic E-state index is 0.0412. The highest BCUT2D eigenvalue weighted by Gasteiger charge is 2.52. The Labute approximate surface area is 207 Å². The maximum atomic E-state index is 13.9. The van der Waals surface area contributed by atoms with Crippen LogP contribution in [0, 0.1) is 5.92 Å². The van der Waals surface area contributed by atoms with Gasteiger partial charge in [0, 0.05) is 37.4 Å². The van der Waals surface area contributed by atoms with E-state index >= 15 is 0 Å². The SMILES string of the molecule is CCCN1CCN(c2ccc(C(N)=O)c([C@H](CC(C)C)C(=O)N3C[C@@H](O)[C@H]4OCC(=O)[C@H]43)c2)CC1. The fourth-order valence-electron chi connectivity index (χ4n) is 5.69. The molecular formula is C26H38N4O5. The Hall–Kier alpha value is -2.49. The number of ketones is 1. The van der Waals surface area contributed by atoms with Gasteiger partial charge in [-0.15, -0.1) is 0 Å². The number of primary amides is 1. The lowest BCUT2D eigenvalue weighted by Gasteiger charge is -2.36. The van der Waals surface area contributed by atoms with E-state index in [0.29, 0.717) is 17.5 Å². The van der Waals surface area contributed by atoms with E-state index < -0.39 is 30.1 Å². The number of piperazine rings is 1. The van der Waals surface area contributed by atoms with Crippen LogP contribution in [0.4, 0.5) is 5.69 Å². The lowest BCUT2D eigenvalue weighted by molar-refractivity contribution is -0.138. The van der Waals surface area contributed by atoms with E-state index in [0.717, 1.165) is 44.8 Å². The fraction of sp³-hybridized carbons (Fsp3) is 0.654. The maximum Gasteiger partial charge on any atom is 0.249 e. The van der Waals surface area contributed by atoms with E-state index in [1.165, 1.54) is 4.90 Å². The summed E-state index contributed by atoms with van der Waals surface area (Å²) in [5.74, 6) is -1.54. The molecule has 3 aliphatic heterocycles. The number of Topliss-reactive ketones (excluding diaryl/α,β-unsaturated/α-hetero) is 1. The summed E-state index contributed by atoms with van der Waals surface area (Å²) < 4.78 is 5.46. The monoisotopic (exact) mass is 486 g/mol. The number of fused-ring (bicyclic) bond motifs is 1. The van der Waals surface area contributed by atoms with Crippen LogP contribution >= 0.6 is 0 Å². The van der Waals surface area contributed by atoms with Crippen LogP contribution < -0.4 is 10.6 Å². The summed E-state index contributed by atoms with van der Waals surface area (Å²) in [7, 11) is 0. The smallest absolute Gasteiger partial charge is 0.249 e. The summed E-state index contributed by atoms with van der Waals surface area (Å²) in [5, 5.41) is 10.4. The van der Waals surface area contributed by atoms with Gasteiger partial charge < -0.3 is 25.4 Å². The standard InChI is InChI=1S/C26H38N4O5/c1-4-7-28-8-10-29(11-9-28)17-5-6-18(25(27)33)19(13-17)20(12-16(2)3)26(34)30-14-21(31)24-23(30)22(32)15-35-24/h5-6,13,16,20-21,23-24,31H,4,7-12,14-15H2,1-3H3,(H2,27,33)/t20-,21+,23+,24+/m0/s1. The van der Waals surface area contributed by atoms with E-state index in [9.17, 15) is 19.5 Å². The Bertz CT molecular complexity index is 959. The van der Waals surface area contributed by atoms with Crippen molar-refractivity contribution in [2.75, 3.05) is 50.8 Å². The first kappa shape index (κ1) is 25.6. The number of carbonyl (C=O) groups excluding carboxylic acids is 3. The number of hydrogen-bond donors (Lipinski definition) is 2. The molecule has 4 rings (SSSR count). The van der Waals surface area contributed by atoms with Gasteiger partial charge >= 0.3 is 0 Å². The molecule has 9 heteroatoms. The summed E-state index contributed by atoms with van der Waals surface area (Å²) in [4.78, 5) is 45.0. The molecule has 3 fully saturated rings. The van der Waals surface area contributed by atoms with Crippen LogP contribution in [-0.4, -0.2) is 96.6 Å². The van der Waals surface area contributed by atoms with E-state index in [-0.39, 0.29) is 30.8 Å². The molecule has 4 atom stereocenters. The molecule has 0 spiro atoms. The number of aliphatic hydroxyl groups excluding tert-OH is 1. The average Bonchev–Trinajstić information content (AvgIpc) is 3.37. The van der Waals surface area contributed by atoms with Gasteiger partial charge in [0.25, 0.3) is 0 Å². The van der Waals surface area contributed by atoms with Gasteiger partial charge in [-0.3, -0.25) is 19.3 Å². The second-order valence-electron chi connectivity index (χ2n) is 10.4. The van der Waals surface area contributed by atoms with Crippen LogP contribution in [0.25, 0.3) is 0 Å². The van der Waals surface area contributed by atoms with Gasteiger partial charge in [-0.1, -0.05) is 20.8 Å². The number of β-amino-alcohol motifs (C(OH)–C–C–N with tert-alkyl or cyclic N) is 1. The maximum absolute atomic E-state index is 13.9. The van der Waals surface area contributed by atoms with Gasteiger partial charge in [0.1, 0.15) is 24.9 Å². The first-order chi connectivity index (χ1) is 16.7. The van der Waals surface area contributed by atoms with Crippen LogP contribution in [0.5, 0.6) is 0 Å². The number of carbonyl (C=O) groups is 3. The first-order valence-corrected chi connectivity index (χ1v) is 12.7. The quantitative estimate of drug-likeness (QED) is 0.563. The molecule has 0 unspecified atom stereocenters. The van der Waals surface area contributed by atoms with Crippen molar-refractivity contribution in [2.24, 2.45) is 11.7 Å². The number of likely N-dealkylation sites (tertiary alicyclic amines) is 1. The minimum Gasteiger partial charge on any atom is -0.388 e. The molecule has 0 saturated carbocycles. The highest BCUT2D eigenvalue weighted by atomic mass is 16.5. The summed E-state index contributed by atoms with van der Waals surface area (Å²) in [6.07, 6.45) is 0.0205. The second kappa shape index (κ2) is 10.6. The lowest BCUT2D eigenvalue weighted by atomic mass is 9.85. The van der Waals surface area contributed by atoms with Gasteiger partial charge in [0.05, 0.1) is 12.5 Å². The van der Waals surface area contributed by atoms with E-state index in [1.54, 1.807) is 6.07 Å². The molecule has 3 N–H and O–H groups in total. The van der Waals surface area contributed by atoms with Gasteiger partial charge in [-0.25, -0.2) is 0 Å². The van der Waals surface area contributed by atoms with Crippen molar-refractivity contribution in [1.29, 1.82) is 0 Å². The predicted molar refractivity (Wildman–Crippen MR) is 132 cm³/mol. The Balaban J connectivity index is 1.66. The topological polar surface area (TPSA) is 116 Å². The zero-order chi connectivity index (χ0) is 25.3. The van der Waals surface area contributed by atoms with Crippen molar-refractivity contribution in [1.82, 2.24) is 9.80 Å². The number of nitrogens with two attached hydrogens (primary N) is 1. The highest BCUT2D eigenvalue weighted by molar-refractivity contribution is 5.99. The molecule has 0 aliphatic carbocycles. The third-order valence-electron chi connectivity index (χ3n) is 7.40. The molecule has 0 bridgehead atoms. The Morgan fingerprint density at radius 3 is 2.54 bits per heavy atom. The zero-order valence-electron chi connectivity index (χ0n) is 21.0. The van der Waals surface area contributed by atoms with Crippen molar-refractivity contribution in [3.8, 4) is 0 Å². The Kier molecular flexibility index (Phi) is 7.78. The molecule has 3 heterocycles. The van der Waals surface area contributed by atoms with Crippen molar-refractivity contribution in [3.63, 3.8) is 0 Å². The number of benzene rings is 1. The molecule has 35 heavy (non-hydrogen) atoms. The Morgan fingerprint density at radius 2 is 1.91 bits per heavy atom. The van der Waals surface area contributed by atoms with Gasteiger partial charge in [-0.05, 0) is 49.1 Å². The summed E-state index contributed by atoms with van der Waals surface area (Å²) in [6.45, 7) is 10.9. The van der Waals surface area contributed by atoms with E-state index in [1.807, 2.05) is 26.0 Å². The largest absolute Gasteiger partial charge is 0.388 e. The van der Waals surface area contributed by atoms with Crippen LogP contribution in [0.2, 0.25) is 0 Å². The summed E-state index contributed by atoms with van der Waals surface area (Å²) >= 11 is 0. The lowest BCUT2D eigenvalue weighted by Crippen LogP contribution is -2.46. The summed E-state index contributed by atoms with van der Waals surface area (Å²) in [6, 6.07) is 4.77. The third-order valence-corrected chi connectivity index (χ3v) is 7.40. The molecule has 2 amide bonds. The van der Waals surface area contributed by atoms with Gasteiger partial charge in [0.15, 0.2) is 5.78 Å². The molecule has 1 aromatic rings. The van der Waals surface area contributed by atoms with Gasteiger partial charge in [-0.2, -0.15) is 0 Å². The number of amides is 2. The van der Waals surface area contributed by atoms with Crippen molar-refractivity contribution >= 4 is 23.3 Å². The normalized spacial score (nSPS) is 25.9. The molecule has 0 aromatic heterocycles. The molecule has 3 saturated heterocycles. The number of hydrogen-bond acceptors (Lipinski definition) is 7. The number of aliphatic hydroxyl groups is 1. The van der Waals surface area contributed by atoms with Gasteiger partial charge in [0.2, 0.25) is 11.8 Å². The minimum atomic E-state index is -0.906. The number of rotatable bonds is 8. The van der Waals surface area contributed by atoms with E-state index in [4.69, 9.17) is 10.5 Å².